The van der Waals surface area contributed by atoms with Crippen LogP contribution in [0.5, 0.6) is 11.8 Å². The molecule has 1 saturated heterocycles. The third-order valence-electron chi connectivity index (χ3n) is 6.73. The summed E-state index contributed by atoms with van der Waals surface area (Å²) in [6.45, 7) is 4.10. The zero-order valence-corrected chi connectivity index (χ0v) is 20.2. The van der Waals surface area contributed by atoms with E-state index in [1.807, 2.05) is 24.0 Å². The monoisotopic (exact) mass is 484 g/mol. The SMILES string of the molecule is CCOC(=O)C[C@H](c1ccnc(OCC2CCN(c3cc(OC)ncc3[N+](=O)[O-])CC2)c1)C1CC1. The van der Waals surface area contributed by atoms with Crippen molar-refractivity contribution in [2.24, 2.45) is 11.8 Å². The van der Waals surface area contributed by atoms with Crippen molar-refractivity contribution in [1.82, 2.24) is 9.97 Å². The molecule has 10 heteroatoms. The van der Waals surface area contributed by atoms with Gasteiger partial charge < -0.3 is 19.1 Å². The molecular weight excluding hydrogens is 452 g/mol. The van der Waals surface area contributed by atoms with E-state index in [9.17, 15) is 14.9 Å². The number of methoxy groups -OCH3 is 1. The summed E-state index contributed by atoms with van der Waals surface area (Å²) in [6.07, 6.45) is 7.31. The maximum absolute atomic E-state index is 12.1. The van der Waals surface area contributed by atoms with E-state index in [2.05, 4.69) is 9.97 Å². The van der Waals surface area contributed by atoms with E-state index >= 15 is 0 Å². The number of carbonyl (C=O) groups is 1. The van der Waals surface area contributed by atoms with Crippen LogP contribution in [0.25, 0.3) is 0 Å². The van der Waals surface area contributed by atoms with Crippen molar-refractivity contribution in [3.8, 4) is 11.8 Å². The first kappa shape index (κ1) is 24.7. The number of nitrogens with zero attached hydrogens (tertiary/aromatic N) is 4. The Bertz CT molecular complexity index is 1040. The molecule has 1 saturated carbocycles. The summed E-state index contributed by atoms with van der Waals surface area (Å²) in [6, 6.07) is 5.53. The van der Waals surface area contributed by atoms with Gasteiger partial charge in [0.2, 0.25) is 11.8 Å². The Balaban J connectivity index is 1.33. The largest absolute Gasteiger partial charge is 0.481 e. The van der Waals surface area contributed by atoms with Crippen LogP contribution in [-0.2, 0) is 9.53 Å². The van der Waals surface area contributed by atoms with Gasteiger partial charge in [-0.15, -0.1) is 0 Å². The summed E-state index contributed by atoms with van der Waals surface area (Å²) in [4.78, 5) is 33.5. The molecule has 2 aliphatic rings. The molecule has 0 spiro atoms. The first-order valence-corrected chi connectivity index (χ1v) is 12.2. The highest BCUT2D eigenvalue weighted by atomic mass is 16.6. The van der Waals surface area contributed by atoms with Gasteiger partial charge in [-0.25, -0.2) is 9.97 Å². The van der Waals surface area contributed by atoms with Crippen molar-refractivity contribution in [3.63, 3.8) is 0 Å². The minimum absolute atomic E-state index is 0.0189. The van der Waals surface area contributed by atoms with Crippen molar-refractivity contribution in [3.05, 3.63) is 46.3 Å². The molecule has 1 atom stereocenters. The zero-order chi connectivity index (χ0) is 24.8. The highest BCUT2D eigenvalue weighted by Crippen LogP contribution is 2.45. The molecule has 188 valence electrons. The lowest BCUT2D eigenvalue weighted by Gasteiger charge is -2.33. The van der Waals surface area contributed by atoms with E-state index in [0.717, 1.165) is 31.2 Å². The van der Waals surface area contributed by atoms with Gasteiger partial charge in [0.25, 0.3) is 0 Å². The summed E-state index contributed by atoms with van der Waals surface area (Å²) in [5.41, 5.74) is 1.58. The number of carbonyl (C=O) groups excluding carboxylic acids is 1. The predicted octanol–water partition coefficient (Wildman–Crippen LogP) is 4.14. The molecule has 35 heavy (non-hydrogen) atoms. The first-order chi connectivity index (χ1) is 17.0. The Morgan fingerprint density at radius 2 is 1.97 bits per heavy atom. The van der Waals surface area contributed by atoms with Crippen LogP contribution in [0.2, 0.25) is 0 Å². The molecule has 4 rings (SSSR count). The number of hydrogen-bond acceptors (Lipinski definition) is 9. The molecule has 3 heterocycles. The minimum atomic E-state index is -0.410. The molecule has 2 aromatic rings. The Morgan fingerprint density at radius 3 is 2.63 bits per heavy atom. The quantitative estimate of drug-likeness (QED) is 0.263. The number of ether oxygens (including phenoxy) is 3. The number of piperidine rings is 1. The first-order valence-electron chi connectivity index (χ1n) is 12.2. The second-order valence-corrected chi connectivity index (χ2v) is 9.09. The predicted molar refractivity (Wildman–Crippen MR) is 129 cm³/mol. The van der Waals surface area contributed by atoms with Crippen molar-refractivity contribution >= 4 is 17.3 Å². The van der Waals surface area contributed by atoms with E-state index in [4.69, 9.17) is 14.2 Å². The van der Waals surface area contributed by atoms with Gasteiger partial charge in [0.05, 0.1) is 31.7 Å². The van der Waals surface area contributed by atoms with Gasteiger partial charge >= 0.3 is 11.7 Å². The normalized spacial score (nSPS) is 17.0. The summed E-state index contributed by atoms with van der Waals surface area (Å²) >= 11 is 0. The van der Waals surface area contributed by atoms with E-state index in [0.29, 0.717) is 62.0 Å². The molecule has 1 aliphatic heterocycles. The average molecular weight is 485 g/mol. The van der Waals surface area contributed by atoms with Crippen LogP contribution in [0.3, 0.4) is 0 Å². The maximum atomic E-state index is 12.1. The van der Waals surface area contributed by atoms with E-state index in [1.165, 1.54) is 13.3 Å². The highest BCUT2D eigenvalue weighted by Gasteiger charge is 2.34. The Morgan fingerprint density at radius 1 is 1.20 bits per heavy atom. The molecular formula is C25H32N4O6. The number of rotatable bonds is 11. The van der Waals surface area contributed by atoms with Crippen molar-refractivity contribution in [2.75, 3.05) is 38.3 Å². The molecule has 2 fully saturated rings. The molecule has 0 unspecified atom stereocenters. The van der Waals surface area contributed by atoms with E-state index in [-0.39, 0.29) is 17.6 Å². The van der Waals surface area contributed by atoms with Gasteiger partial charge in [0, 0.05) is 31.4 Å². The summed E-state index contributed by atoms with van der Waals surface area (Å²) in [5, 5.41) is 11.4. The molecule has 2 aromatic heterocycles. The van der Waals surface area contributed by atoms with Gasteiger partial charge in [0.15, 0.2) is 0 Å². The van der Waals surface area contributed by atoms with Gasteiger partial charge in [-0.05, 0) is 62.0 Å². The Labute approximate surface area is 204 Å². The van der Waals surface area contributed by atoms with Crippen molar-refractivity contribution in [2.45, 2.75) is 44.9 Å². The fourth-order valence-electron chi connectivity index (χ4n) is 4.66. The van der Waals surface area contributed by atoms with E-state index in [1.54, 1.807) is 12.3 Å². The lowest BCUT2D eigenvalue weighted by molar-refractivity contribution is -0.384. The number of aromatic nitrogens is 2. The number of anilines is 1. The lowest BCUT2D eigenvalue weighted by Crippen LogP contribution is -2.36. The van der Waals surface area contributed by atoms with Gasteiger partial charge in [-0.2, -0.15) is 0 Å². The Hall–Kier alpha value is -3.43. The summed E-state index contributed by atoms with van der Waals surface area (Å²) in [7, 11) is 1.49. The standard InChI is InChI=1S/C25H32N4O6/c1-3-34-25(30)13-20(18-4-5-18)19-6-9-26-24(12-19)35-16-17-7-10-28(11-8-17)21-14-23(33-2)27-15-22(21)29(31)32/h6,9,12,14-15,17-18,20H,3-5,7-8,10-11,13,16H2,1-2H3/t20-/m0/s1. The summed E-state index contributed by atoms with van der Waals surface area (Å²) < 4.78 is 16.4. The van der Waals surface area contributed by atoms with Crippen molar-refractivity contribution < 1.29 is 23.9 Å². The van der Waals surface area contributed by atoms with Gasteiger partial charge in [-0.3, -0.25) is 14.9 Å². The fourth-order valence-corrected chi connectivity index (χ4v) is 4.66. The second kappa shape index (κ2) is 11.3. The molecule has 0 aromatic carbocycles. The van der Waals surface area contributed by atoms with Crippen LogP contribution < -0.4 is 14.4 Å². The van der Waals surface area contributed by atoms with E-state index < -0.39 is 4.92 Å². The van der Waals surface area contributed by atoms with Crippen LogP contribution in [0.15, 0.2) is 30.6 Å². The lowest BCUT2D eigenvalue weighted by atomic mass is 9.92. The Kier molecular flexibility index (Phi) is 7.99. The van der Waals surface area contributed by atoms with Crippen LogP contribution in [0.1, 0.15) is 50.5 Å². The number of pyridine rings is 2. The zero-order valence-electron chi connectivity index (χ0n) is 20.2. The molecule has 10 nitrogen and oxygen atoms in total. The molecule has 0 amide bonds. The average Bonchev–Trinajstić information content (AvgIpc) is 3.71. The molecule has 0 N–H and O–H groups in total. The topological polar surface area (TPSA) is 117 Å². The fraction of sp³-hybridized carbons (Fsp3) is 0.560. The second-order valence-electron chi connectivity index (χ2n) is 9.09. The molecule has 0 radical (unpaired) electrons. The molecule has 0 bridgehead atoms. The van der Waals surface area contributed by atoms with Crippen LogP contribution in [-0.4, -0.2) is 54.3 Å². The smallest absolute Gasteiger partial charge is 0.310 e. The van der Waals surface area contributed by atoms with Crippen LogP contribution in [0, 0.1) is 22.0 Å². The van der Waals surface area contributed by atoms with Gasteiger partial charge in [0.1, 0.15) is 11.9 Å². The van der Waals surface area contributed by atoms with Crippen molar-refractivity contribution in [1.29, 1.82) is 0 Å². The van der Waals surface area contributed by atoms with Crippen LogP contribution >= 0.6 is 0 Å². The van der Waals surface area contributed by atoms with Gasteiger partial charge in [-0.1, -0.05) is 0 Å². The number of hydrogen-bond donors (Lipinski definition) is 0. The maximum Gasteiger partial charge on any atom is 0.310 e. The third kappa shape index (κ3) is 6.37. The minimum Gasteiger partial charge on any atom is -0.481 e. The molecule has 1 aliphatic carbocycles. The number of esters is 1. The van der Waals surface area contributed by atoms with Crippen LogP contribution in [0.4, 0.5) is 11.4 Å². The third-order valence-corrected chi connectivity index (χ3v) is 6.73. The summed E-state index contributed by atoms with van der Waals surface area (Å²) in [5.74, 6) is 1.72. The number of nitro groups is 1. The highest BCUT2D eigenvalue weighted by molar-refractivity contribution is 5.70.